The van der Waals surface area contributed by atoms with Crippen LogP contribution in [0.2, 0.25) is 5.02 Å². The van der Waals surface area contributed by atoms with Gasteiger partial charge in [0.2, 0.25) is 0 Å². The molecule has 218 valence electrons. The first kappa shape index (κ1) is 30.5. The molecule has 1 heterocycles. The Labute approximate surface area is 263 Å². The van der Waals surface area contributed by atoms with Gasteiger partial charge in [-0.15, -0.1) is 0 Å². The first-order chi connectivity index (χ1) is 19.0. The predicted molar refractivity (Wildman–Crippen MR) is 166 cm³/mol. The van der Waals surface area contributed by atoms with E-state index in [2.05, 4.69) is 64.5 Å². The lowest BCUT2D eigenvalue weighted by atomic mass is 9.63. The molecule has 0 spiro atoms. The van der Waals surface area contributed by atoms with Crippen molar-refractivity contribution in [1.29, 1.82) is 0 Å². The monoisotopic (exact) mass is 723 g/mol. The molecule has 41 heavy (non-hydrogen) atoms. The topological polar surface area (TPSA) is 80.8 Å². The van der Waals surface area contributed by atoms with Crippen LogP contribution in [0.5, 0.6) is 5.75 Å². The van der Waals surface area contributed by atoms with E-state index in [4.69, 9.17) is 15.8 Å². The van der Waals surface area contributed by atoms with Gasteiger partial charge in [0.15, 0.2) is 17.3 Å². The Balaban J connectivity index is 1.78. The van der Waals surface area contributed by atoms with E-state index in [1.807, 2.05) is 6.92 Å². The van der Waals surface area contributed by atoms with Gasteiger partial charge in [-0.05, 0) is 82.9 Å². The predicted octanol–water partition coefficient (Wildman–Crippen LogP) is 8.34. The fourth-order valence-corrected chi connectivity index (χ4v) is 8.93. The summed E-state index contributed by atoms with van der Waals surface area (Å²) in [6, 6.07) is 9.18. The summed E-state index contributed by atoms with van der Waals surface area (Å²) < 4.78 is 33.9. The average Bonchev–Trinajstić information content (AvgIpc) is 2.83. The van der Waals surface area contributed by atoms with Gasteiger partial charge in [0.1, 0.15) is 4.90 Å². The van der Waals surface area contributed by atoms with Gasteiger partial charge < -0.3 is 9.08 Å². The van der Waals surface area contributed by atoms with Crippen LogP contribution in [0.3, 0.4) is 0 Å². The summed E-state index contributed by atoms with van der Waals surface area (Å²) in [5, 5.41) is 0.397. The fraction of sp³-hybridized carbons (Fsp3) is 0.419. The summed E-state index contributed by atoms with van der Waals surface area (Å²) >= 11 is 13.1. The molecule has 6 nitrogen and oxygen atoms in total. The SMILES string of the molecule is CCN1C2=C(C(=O)CC(C)(C)C2)C(c2cc(Br)cc(Br)c2OS(=O)(=O)c2ccc(Cl)cc2)C2=C1CC(C)(C)CC2=O. The third-order valence-corrected chi connectivity index (χ3v) is 10.5. The van der Waals surface area contributed by atoms with E-state index < -0.39 is 16.0 Å². The molecule has 0 radical (unpaired) electrons. The molecule has 0 unspecified atom stereocenters. The first-order valence-corrected chi connectivity index (χ1v) is 16.9. The number of halogens is 3. The van der Waals surface area contributed by atoms with Gasteiger partial charge in [-0.3, -0.25) is 9.59 Å². The zero-order valence-electron chi connectivity index (χ0n) is 23.6. The lowest BCUT2D eigenvalue weighted by Crippen LogP contribution is -2.44. The number of nitrogens with zero attached hydrogens (tertiary/aromatic N) is 1. The Morgan fingerprint density at radius 1 is 0.902 bits per heavy atom. The van der Waals surface area contributed by atoms with Crippen molar-refractivity contribution in [2.45, 2.75) is 71.1 Å². The highest BCUT2D eigenvalue weighted by Gasteiger charge is 2.49. The number of allylic oxidation sites excluding steroid dienone is 4. The van der Waals surface area contributed by atoms with Crippen LogP contribution >= 0.6 is 43.5 Å². The van der Waals surface area contributed by atoms with Crippen molar-refractivity contribution >= 4 is 65.1 Å². The van der Waals surface area contributed by atoms with E-state index in [9.17, 15) is 18.0 Å². The minimum Gasteiger partial charge on any atom is -0.377 e. The molecule has 2 aromatic carbocycles. The van der Waals surface area contributed by atoms with Crippen molar-refractivity contribution in [3.05, 3.63) is 78.5 Å². The number of rotatable bonds is 5. The quantitative estimate of drug-likeness (QED) is 0.289. The molecular formula is C31H32Br2ClNO5S. The lowest BCUT2D eigenvalue weighted by molar-refractivity contribution is -0.119. The number of carbonyl (C=O) groups is 2. The summed E-state index contributed by atoms with van der Waals surface area (Å²) in [4.78, 5) is 30.1. The molecule has 0 N–H and O–H groups in total. The average molecular weight is 726 g/mol. The minimum atomic E-state index is -4.28. The van der Waals surface area contributed by atoms with Gasteiger partial charge in [-0.1, -0.05) is 55.2 Å². The highest BCUT2D eigenvalue weighted by atomic mass is 79.9. The van der Waals surface area contributed by atoms with Crippen molar-refractivity contribution in [3.8, 4) is 5.75 Å². The van der Waals surface area contributed by atoms with E-state index in [1.54, 1.807) is 12.1 Å². The largest absolute Gasteiger partial charge is 0.377 e. The second kappa shape index (κ2) is 10.6. The van der Waals surface area contributed by atoms with E-state index in [0.29, 0.717) is 62.9 Å². The highest BCUT2D eigenvalue weighted by Crippen LogP contribution is 2.56. The van der Waals surface area contributed by atoms with E-state index in [-0.39, 0.29) is 33.0 Å². The molecule has 2 aromatic rings. The second-order valence-electron chi connectivity index (χ2n) is 12.6. The Morgan fingerprint density at radius 2 is 1.41 bits per heavy atom. The third-order valence-electron chi connectivity index (χ3n) is 7.98. The molecule has 0 saturated heterocycles. The summed E-state index contributed by atoms with van der Waals surface area (Å²) in [5.74, 6) is -0.788. The number of carbonyl (C=O) groups excluding carboxylic acids is 2. The number of hydrogen-bond acceptors (Lipinski definition) is 6. The molecule has 0 bridgehead atoms. The molecule has 5 rings (SSSR count). The normalized spacial score (nSPS) is 20.7. The van der Waals surface area contributed by atoms with Crippen LogP contribution in [0.25, 0.3) is 0 Å². The zero-order valence-corrected chi connectivity index (χ0v) is 28.4. The van der Waals surface area contributed by atoms with Gasteiger partial charge >= 0.3 is 10.1 Å². The van der Waals surface area contributed by atoms with Crippen molar-refractivity contribution in [2.24, 2.45) is 10.8 Å². The maximum atomic E-state index is 14.0. The van der Waals surface area contributed by atoms with Crippen LogP contribution < -0.4 is 4.18 Å². The van der Waals surface area contributed by atoms with Crippen LogP contribution in [0.15, 0.2) is 72.8 Å². The Hall–Kier alpha value is -1.94. The van der Waals surface area contributed by atoms with E-state index >= 15 is 0 Å². The Morgan fingerprint density at radius 3 is 1.90 bits per heavy atom. The highest BCUT2D eigenvalue weighted by molar-refractivity contribution is 9.11. The number of hydrogen-bond donors (Lipinski definition) is 0. The van der Waals surface area contributed by atoms with Gasteiger partial charge in [0.05, 0.1) is 4.47 Å². The van der Waals surface area contributed by atoms with E-state index in [0.717, 1.165) is 11.4 Å². The second-order valence-corrected chi connectivity index (χ2v) is 16.3. The lowest BCUT2D eigenvalue weighted by Gasteiger charge is -2.49. The van der Waals surface area contributed by atoms with Gasteiger partial charge in [0, 0.05) is 62.9 Å². The molecule has 0 amide bonds. The van der Waals surface area contributed by atoms with Crippen LogP contribution in [-0.2, 0) is 19.7 Å². The van der Waals surface area contributed by atoms with Crippen LogP contribution in [0, 0.1) is 10.8 Å². The minimum absolute atomic E-state index is 0.0357. The Bertz CT molecular complexity index is 1590. The molecule has 10 heteroatoms. The van der Waals surface area contributed by atoms with Gasteiger partial charge in [-0.2, -0.15) is 8.42 Å². The van der Waals surface area contributed by atoms with Crippen LogP contribution in [0.4, 0.5) is 0 Å². The van der Waals surface area contributed by atoms with Crippen LogP contribution in [-0.4, -0.2) is 31.4 Å². The first-order valence-electron chi connectivity index (χ1n) is 13.5. The molecule has 0 saturated carbocycles. The summed E-state index contributed by atoms with van der Waals surface area (Å²) in [6.07, 6.45) is 1.99. The molecular weight excluding hydrogens is 694 g/mol. The van der Waals surface area contributed by atoms with E-state index in [1.165, 1.54) is 24.3 Å². The third kappa shape index (κ3) is 5.71. The molecule has 2 aliphatic carbocycles. The standard InChI is InChI=1S/C31H32Br2ClNO5S/c1-6-35-22-13-30(2,3)15-24(36)27(22)26(28-23(35)14-31(4,5)16-25(28)37)20-11-17(32)12-21(33)29(20)40-41(38,39)19-9-7-18(34)8-10-19/h7-12,26H,6,13-16H2,1-5H3. The number of benzene rings is 2. The maximum Gasteiger partial charge on any atom is 0.339 e. The van der Waals surface area contributed by atoms with Crippen molar-refractivity contribution in [1.82, 2.24) is 4.90 Å². The fourth-order valence-electron chi connectivity index (χ4n) is 6.38. The molecule has 3 aliphatic rings. The summed E-state index contributed by atoms with van der Waals surface area (Å²) in [5.41, 5.74) is 2.86. The Kier molecular flexibility index (Phi) is 7.93. The molecule has 0 aromatic heterocycles. The van der Waals surface area contributed by atoms with Crippen molar-refractivity contribution in [3.63, 3.8) is 0 Å². The number of ketones is 2. The van der Waals surface area contributed by atoms with Gasteiger partial charge in [-0.25, -0.2) is 0 Å². The van der Waals surface area contributed by atoms with Crippen molar-refractivity contribution < 1.29 is 22.2 Å². The smallest absolute Gasteiger partial charge is 0.339 e. The summed E-state index contributed by atoms with van der Waals surface area (Å²) in [6.45, 7) is 11.0. The van der Waals surface area contributed by atoms with Crippen LogP contribution in [0.1, 0.15) is 71.8 Å². The molecule has 0 atom stereocenters. The molecule has 1 aliphatic heterocycles. The van der Waals surface area contributed by atoms with Crippen molar-refractivity contribution in [2.75, 3.05) is 6.54 Å². The number of Topliss-reactive ketones (excluding diaryl/α,β-unsaturated/α-hetero) is 2. The molecule has 0 fully saturated rings. The summed E-state index contributed by atoms with van der Waals surface area (Å²) in [7, 11) is -4.28. The zero-order chi connectivity index (χ0) is 30.1. The van der Waals surface area contributed by atoms with Gasteiger partial charge in [0.25, 0.3) is 0 Å². The maximum absolute atomic E-state index is 14.0.